The van der Waals surface area contributed by atoms with Gasteiger partial charge in [-0.3, -0.25) is 4.90 Å². The molecule has 0 saturated carbocycles. The highest BCUT2D eigenvalue weighted by atomic mass is 32.2. The van der Waals surface area contributed by atoms with Crippen LogP contribution >= 0.6 is 0 Å². The summed E-state index contributed by atoms with van der Waals surface area (Å²) in [5.74, 6) is 0.825. The Bertz CT molecular complexity index is 1120. The fourth-order valence-electron chi connectivity index (χ4n) is 4.26. The zero-order chi connectivity index (χ0) is 22.6. The molecule has 1 aliphatic rings. The SMILES string of the molecule is COc1ccc(CCS(=O)(=O)NC[C@H](c2c[nH]c3ccccc23)N2CCN(C)CC2)cc1. The van der Waals surface area contributed by atoms with Crippen molar-refractivity contribution in [1.29, 1.82) is 0 Å². The molecule has 0 bridgehead atoms. The van der Waals surface area contributed by atoms with E-state index in [1.54, 1.807) is 7.11 Å². The number of hydrogen-bond acceptors (Lipinski definition) is 5. The minimum absolute atomic E-state index is 0.0180. The van der Waals surface area contributed by atoms with Crippen molar-refractivity contribution in [1.82, 2.24) is 19.5 Å². The first-order valence-corrected chi connectivity index (χ1v) is 12.7. The minimum Gasteiger partial charge on any atom is -0.497 e. The van der Waals surface area contributed by atoms with Gasteiger partial charge in [-0.1, -0.05) is 30.3 Å². The fourth-order valence-corrected chi connectivity index (χ4v) is 5.32. The minimum atomic E-state index is -3.41. The summed E-state index contributed by atoms with van der Waals surface area (Å²) in [7, 11) is 0.331. The molecule has 1 aromatic heterocycles. The molecular formula is C24H32N4O3S. The molecule has 1 atom stereocenters. The summed E-state index contributed by atoms with van der Waals surface area (Å²) in [6.45, 7) is 4.13. The molecule has 7 nitrogen and oxygen atoms in total. The highest BCUT2D eigenvalue weighted by Crippen LogP contribution is 2.29. The smallest absolute Gasteiger partial charge is 0.211 e. The zero-order valence-corrected chi connectivity index (χ0v) is 19.6. The average molecular weight is 457 g/mol. The maximum Gasteiger partial charge on any atom is 0.211 e. The molecule has 4 rings (SSSR count). The van der Waals surface area contributed by atoms with E-state index in [9.17, 15) is 8.42 Å². The number of sulfonamides is 1. The number of methoxy groups -OCH3 is 1. The van der Waals surface area contributed by atoms with Gasteiger partial charge in [-0.15, -0.1) is 0 Å². The van der Waals surface area contributed by atoms with Crippen molar-refractivity contribution in [2.45, 2.75) is 12.5 Å². The number of benzene rings is 2. The second kappa shape index (κ2) is 10.0. The van der Waals surface area contributed by atoms with Gasteiger partial charge in [0.2, 0.25) is 10.0 Å². The topological polar surface area (TPSA) is 77.7 Å². The highest BCUT2D eigenvalue weighted by Gasteiger charge is 2.27. The number of aromatic amines is 1. The molecule has 172 valence electrons. The van der Waals surface area contributed by atoms with Crippen molar-refractivity contribution >= 4 is 20.9 Å². The molecule has 8 heteroatoms. The number of likely N-dealkylation sites (N-methyl/N-ethyl adjacent to an activating group) is 1. The average Bonchev–Trinajstić information content (AvgIpc) is 3.23. The zero-order valence-electron chi connectivity index (χ0n) is 18.8. The summed E-state index contributed by atoms with van der Waals surface area (Å²) in [6.07, 6.45) is 2.49. The van der Waals surface area contributed by atoms with Gasteiger partial charge in [0.1, 0.15) is 5.75 Å². The normalized spacial score (nSPS) is 16.9. The molecule has 1 aliphatic heterocycles. The van der Waals surface area contributed by atoms with E-state index in [1.807, 2.05) is 42.6 Å². The molecule has 32 heavy (non-hydrogen) atoms. The van der Waals surface area contributed by atoms with Gasteiger partial charge < -0.3 is 14.6 Å². The van der Waals surface area contributed by atoms with E-state index in [1.165, 1.54) is 0 Å². The molecule has 1 fully saturated rings. The van der Waals surface area contributed by atoms with Crippen LogP contribution < -0.4 is 9.46 Å². The third-order valence-corrected chi connectivity index (χ3v) is 7.62. The van der Waals surface area contributed by atoms with Gasteiger partial charge in [0.05, 0.1) is 18.9 Å². The summed E-state index contributed by atoms with van der Waals surface area (Å²) < 4.78 is 33.7. The van der Waals surface area contributed by atoms with Crippen LogP contribution in [0.2, 0.25) is 0 Å². The number of para-hydroxylation sites is 1. The van der Waals surface area contributed by atoms with Crippen LogP contribution in [0.4, 0.5) is 0 Å². The lowest BCUT2D eigenvalue weighted by Gasteiger charge is -2.38. The van der Waals surface area contributed by atoms with E-state index in [-0.39, 0.29) is 11.8 Å². The number of nitrogens with one attached hydrogen (secondary N) is 2. The van der Waals surface area contributed by atoms with Crippen LogP contribution in [0.25, 0.3) is 10.9 Å². The van der Waals surface area contributed by atoms with E-state index in [0.29, 0.717) is 13.0 Å². The predicted octanol–water partition coefficient (Wildman–Crippen LogP) is 2.63. The monoisotopic (exact) mass is 456 g/mol. The first-order valence-electron chi connectivity index (χ1n) is 11.0. The molecule has 2 N–H and O–H groups in total. The molecule has 0 unspecified atom stereocenters. The Kier molecular flexibility index (Phi) is 7.15. The van der Waals surface area contributed by atoms with E-state index in [2.05, 4.69) is 38.7 Å². The van der Waals surface area contributed by atoms with E-state index >= 15 is 0 Å². The highest BCUT2D eigenvalue weighted by molar-refractivity contribution is 7.89. The Hall–Kier alpha value is -2.39. The van der Waals surface area contributed by atoms with E-state index < -0.39 is 10.0 Å². The number of aryl methyl sites for hydroxylation is 1. The Morgan fingerprint density at radius 1 is 1.06 bits per heavy atom. The van der Waals surface area contributed by atoms with Crippen molar-refractivity contribution in [2.75, 3.05) is 52.6 Å². The Morgan fingerprint density at radius 2 is 1.78 bits per heavy atom. The van der Waals surface area contributed by atoms with Gasteiger partial charge in [0, 0.05) is 49.8 Å². The molecule has 0 amide bonds. The van der Waals surface area contributed by atoms with Crippen molar-refractivity contribution in [3.63, 3.8) is 0 Å². The standard InChI is InChI=1S/C24H32N4O3S/c1-27-12-14-28(15-13-27)24(22-17-25-23-6-4-3-5-21(22)23)18-26-32(29,30)16-11-19-7-9-20(31-2)10-8-19/h3-10,17,24-26H,11-16,18H2,1-2H3/t24-/m1/s1. The maximum absolute atomic E-state index is 12.8. The first-order chi connectivity index (χ1) is 15.4. The maximum atomic E-state index is 12.8. The second-order valence-corrected chi connectivity index (χ2v) is 10.3. The summed E-state index contributed by atoms with van der Waals surface area (Å²) >= 11 is 0. The summed E-state index contributed by atoms with van der Waals surface area (Å²) in [6, 6.07) is 15.7. The van der Waals surface area contributed by atoms with Crippen LogP contribution in [0.15, 0.2) is 54.7 Å². The number of H-pyrrole nitrogens is 1. The Balaban J connectivity index is 1.46. The van der Waals surface area contributed by atoms with E-state index in [4.69, 9.17) is 4.74 Å². The van der Waals surface area contributed by atoms with Crippen LogP contribution in [0, 0.1) is 0 Å². The number of piperazine rings is 1. The molecule has 0 aliphatic carbocycles. The molecule has 2 heterocycles. The van der Waals surface area contributed by atoms with Crippen LogP contribution in [0.5, 0.6) is 5.75 Å². The van der Waals surface area contributed by atoms with Crippen molar-refractivity contribution in [3.8, 4) is 5.75 Å². The second-order valence-electron chi connectivity index (χ2n) is 8.41. The fraction of sp³-hybridized carbons (Fsp3) is 0.417. The van der Waals surface area contributed by atoms with Crippen molar-refractivity contribution in [3.05, 3.63) is 65.9 Å². The van der Waals surface area contributed by atoms with Crippen LogP contribution in [-0.2, 0) is 16.4 Å². The summed E-state index contributed by atoms with van der Waals surface area (Å²) in [5.41, 5.74) is 3.19. The Morgan fingerprint density at radius 3 is 2.50 bits per heavy atom. The van der Waals surface area contributed by atoms with Crippen LogP contribution in [-0.4, -0.2) is 75.8 Å². The molecule has 0 spiro atoms. The predicted molar refractivity (Wildman–Crippen MR) is 129 cm³/mol. The third kappa shape index (κ3) is 5.50. The lowest BCUT2D eigenvalue weighted by Crippen LogP contribution is -2.48. The first kappa shape index (κ1) is 22.8. The number of fused-ring (bicyclic) bond motifs is 1. The van der Waals surface area contributed by atoms with Gasteiger partial charge in [0.15, 0.2) is 0 Å². The van der Waals surface area contributed by atoms with Gasteiger partial charge in [-0.25, -0.2) is 13.1 Å². The van der Waals surface area contributed by atoms with Gasteiger partial charge in [-0.05, 0) is 42.8 Å². The summed E-state index contributed by atoms with van der Waals surface area (Å²) in [5, 5.41) is 1.15. The number of hydrogen-bond donors (Lipinski definition) is 2. The Labute approximate surface area is 190 Å². The van der Waals surface area contributed by atoms with E-state index in [0.717, 1.165) is 54.0 Å². The number of aromatic nitrogens is 1. The van der Waals surface area contributed by atoms with Gasteiger partial charge in [-0.2, -0.15) is 0 Å². The number of nitrogens with zero attached hydrogens (tertiary/aromatic N) is 2. The van der Waals surface area contributed by atoms with Crippen molar-refractivity contribution in [2.24, 2.45) is 0 Å². The summed E-state index contributed by atoms with van der Waals surface area (Å²) in [4.78, 5) is 8.04. The molecule has 3 aromatic rings. The van der Waals surface area contributed by atoms with Crippen molar-refractivity contribution < 1.29 is 13.2 Å². The third-order valence-electron chi connectivity index (χ3n) is 6.27. The van der Waals surface area contributed by atoms with Gasteiger partial charge in [0.25, 0.3) is 0 Å². The molecule has 0 radical (unpaired) electrons. The molecular weight excluding hydrogens is 424 g/mol. The molecule has 1 saturated heterocycles. The lowest BCUT2D eigenvalue weighted by atomic mass is 10.0. The number of rotatable bonds is 9. The quantitative estimate of drug-likeness (QED) is 0.518. The number of ether oxygens (including phenoxy) is 1. The van der Waals surface area contributed by atoms with Crippen LogP contribution in [0.3, 0.4) is 0 Å². The molecule has 2 aromatic carbocycles. The van der Waals surface area contributed by atoms with Crippen LogP contribution in [0.1, 0.15) is 17.2 Å². The lowest BCUT2D eigenvalue weighted by molar-refractivity contribution is 0.113. The van der Waals surface area contributed by atoms with Gasteiger partial charge >= 0.3 is 0 Å². The largest absolute Gasteiger partial charge is 0.497 e.